The van der Waals surface area contributed by atoms with E-state index >= 15 is 0 Å². The number of halogens is 1. The molecule has 1 aliphatic heterocycles. The molecule has 0 unspecified atom stereocenters. The van der Waals surface area contributed by atoms with Gasteiger partial charge in [0, 0.05) is 32.2 Å². The molecule has 7 heteroatoms. The van der Waals surface area contributed by atoms with Gasteiger partial charge in [0.25, 0.3) is 5.91 Å². The van der Waals surface area contributed by atoms with Crippen LogP contribution in [0.25, 0.3) is 0 Å². The molecule has 1 N–H and O–H groups in total. The molecule has 3 rings (SSSR count). The summed E-state index contributed by atoms with van der Waals surface area (Å²) in [5.41, 5.74) is 0. The topological polar surface area (TPSA) is 52.7 Å². The number of carbonyl (C=O) groups is 2. The lowest BCUT2D eigenvalue weighted by Gasteiger charge is -2.34. The van der Waals surface area contributed by atoms with E-state index in [1.165, 1.54) is 11.3 Å². The fraction of sp³-hybridized carbons (Fsp3) is 0.571. The summed E-state index contributed by atoms with van der Waals surface area (Å²) in [6.07, 6.45) is 2.23. The van der Waals surface area contributed by atoms with Gasteiger partial charge in [-0.05, 0) is 40.9 Å². The Labute approximate surface area is 136 Å². The summed E-state index contributed by atoms with van der Waals surface area (Å²) < 4.78 is 0.973. The molecule has 1 aromatic rings. The fourth-order valence-corrected chi connectivity index (χ4v) is 3.75. The van der Waals surface area contributed by atoms with Crippen molar-refractivity contribution in [1.82, 2.24) is 15.1 Å². The van der Waals surface area contributed by atoms with Crippen LogP contribution in [0.4, 0.5) is 0 Å². The molecule has 2 amide bonds. The van der Waals surface area contributed by atoms with E-state index in [1.807, 2.05) is 17.0 Å². The van der Waals surface area contributed by atoms with Crippen molar-refractivity contribution in [3.8, 4) is 0 Å². The summed E-state index contributed by atoms with van der Waals surface area (Å²) in [6.45, 7) is 3.34. The number of carbonyl (C=O) groups excluding carboxylic acids is 2. The minimum Gasteiger partial charge on any atom is -0.352 e. The van der Waals surface area contributed by atoms with Crippen LogP contribution in [-0.2, 0) is 4.79 Å². The summed E-state index contributed by atoms with van der Waals surface area (Å²) >= 11 is 4.84. The van der Waals surface area contributed by atoms with E-state index in [-0.39, 0.29) is 11.8 Å². The Morgan fingerprint density at radius 3 is 2.52 bits per heavy atom. The molecule has 0 atom stereocenters. The van der Waals surface area contributed by atoms with Crippen molar-refractivity contribution in [1.29, 1.82) is 0 Å². The number of thiophene rings is 1. The van der Waals surface area contributed by atoms with E-state index in [2.05, 4.69) is 26.1 Å². The highest BCUT2D eigenvalue weighted by Crippen LogP contribution is 2.23. The van der Waals surface area contributed by atoms with E-state index < -0.39 is 0 Å². The smallest absolute Gasteiger partial charge is 0.264 e. The van der Waals surface area contributed by atoms with Crippen molar-refractivity contribution in [2.45, 2.75) is 18.9 Å². The number of amides is 2. The van der Waals surface area contributed by atoms with Crippen molar-refractivity contribution >= 4 is 39.1 Å². The van der Waals surface area contributed by atoms with Crippen LogP contribution in [0.15, 0.2) is 15.9 Å². The minimum atomic E-state index is 0.0905. The van der Waals surface area contributed by atoms with Crippen LogP contribution in [-0.4, -0.2) is 60.4 Å². The zero-order chi connectivity index (χ0) is 14.8. The van der Waals surface area contributed by atoms with E-state index in [0.717, 1.165) is 34.6 Å². The van der Waals surface area contributed by atoms with Crippen molar-refractivity contribution in [3.63, 3.8) is 0 Å². The number of nitrogens with one attached hydrogen (secondary N) is 1. The molecule has 1 saturated heterocycles. The maximum atomic E-state index is 12.3. The number of hydrogen-bond donors (Lipinski definition) is 1. The second kappa shape index (κ2) is 6.46. The van der Waals surface area contributed by atoms with Gasteiger partial charge in [0.05, 0.1) is 15.2 Å². The van der Waals surface area contributed by atoms with Crippen molar-refractivity contribution < 1.29 is 9.59 Å². The molecule has 1 aromatic heterocycles. The molecule has 2 aliphatic rings. The van der Waals surface area contributed by atoms with Gasteiger partial charge in [-0.2, -0.15) is 0 Å². The normalized spacial score (nSPS) is 19.6. The molecule has 2 fully saturated rings. The average molecular weight is 372 g/mol. The summed E-state index contributed by atoms with van der Waals surface area (Å²) in [4.78, 5) is 28.8. The van der Waals surface area contributed by atoms with Crippen LogP contribution >= 0.6 is 27.3 Å². The van der Waals surface area contributed by atoms with E-state index in [1.54, 1.807) is 0 Å². The third-order valence-corrected chi connectivity index (χ3v) is 5.36. The standard InChI is InChI=1S/C14H18BrN3O2S/c15-12-4-3-11(21-12)14(20)18-7-5-17(6-8-18)9-13(19)16-10-1-2-10/h3-4,10H,1-2,5-9H2,(H,16,19). The Balaban J connectivity index is 1.46. The lowest BCUT2D eigenvalue weighted by molar-refractivity contribution is -0.122. The molecular formula is C14H18BrN3O2S. The molecule has 0 bridgehead atoms. The molecule has 114 valence electrons. The second-order valence-electron chi connectivity index (χ2n) is 5.51. The van der Waals surface area contributed by atoms with Gasteiger partial charge in [-0.15, -0.1) is 11.3 Å². The minimum absolute atomic E-state index is 0.0905. The van der Waals surface area contributed by atoms with Gasteiger partial charge in [0.1, 0.15) is 0 Å². The monoisotopic (exact) mass is 371 g/mol. The molecule has 1 saturated carbocycles. The first-order chi connectivity index (χ1) is 10.1. The third-order valence-electron chi connectivity index (χ3n) is 3.75. The molecule has 0 aromatic carbocycles. The summed E-state index contributed by atoms with van der Waals surface area (Å²) in [5.74, 6) is 0.201. The maximum absolute atomic E-state index is 12.3. The van der Waals surface area contributed by atoms with Crippen LogP contribution in [0.5, 0.6) is 0 Å². The first-order valence-electron chi connectivity index (χ1n) is 7.18. The first-order valence-corrected chi connectivity index (χ1v) is 8.79. The summed E-state index contributed by atoms with van der Waals surface area (Å²) in [7, 11) is 0. The summed E-state index contributed by atoms with van der Waals surface area (Å²) in [5, 5.41) is 3.00. The molecule has 0 spiro atoms. The van der Waals surface area contributed by atoms with Gasteiger partial charge in [-0.25, -0.2) is 0 Å². The SMILES string of the molecule is O=C(CN1CCN(C(=O)c2ccc(Br)s2)CC1)NC1CC1. The van der Waals surface area contributed by atoms with Gasteiger partial charge in [-0.3, -0.25) is 14.5 Å². The number of rotatable bonds is 4. The lowest BCUT2D eigenvalue weighted by atomic mass is 10.3. The Bertz CT molecular complexity index is 536. The zero-order valence-electron chi connectivity index (χ0n) is 11.7. The molecular weight excluding hydrogens is 354 g/mol. The highest BCUT2D eigenvalue weighted by Gasteiger charge is 2.26. The van der Waals surface area contributed by atoms with Crippen LogP contribution in [0.1, 0.15) is 22.5 Å². The third kappa shape index (κ3) is 4.05. The maximum Gasteiger partial charge on any atom is 0.264 e. The van der Waals surface area contributed by atoms with Crippen LogP contribution in [0, 0.1) is 0 Å². The highest BCUT2D eigenvalue weighted by molar-refractivity contribution is 9.11. The van der Waals surface area contributed by atoms with Gasteiger partial charge in [0.15, 0.2) is 0 Å². The van der Waals surface area contributed by atoms with E-state index in [9.17, 15) is 9.59 Å². The first kappa shape index (κ1) is 15.0. The van der Waals surface area contributed by atoms with Crippen LogP contribution in [0.2, 0.25) is 0 Å². The molecule has 2 heterocycles. The molecule has 1 aliphatic carbocycles. The van der Waals surface area contributed by atoms with Gasteiger partial charge >= 0.3 is 0 Å². The van der Waals surface area contributed by atoms with E-state index in [4.69, 9.17) is 0 Å². The quantitative estimate of drug-likeness (QED) is 0.873. The lowest BCUT2D eigenvalue weighted by Crippen LogP contribution is -2.51. The average Bonchev–Trinajstić information content (AvgIpc) is 3.17. The number of hydrogen-bond acceptors (Lipinski definition) is 4. The Kier molecular flexibility index (Phi) is 4.61. The van der Waals surface area contributed by atoms with Crippen molar-refractivity contribution in [3.05, 3.63) is 20.8 Å². The van der Waals surface area contributed by atoms with Crippen molar-refractivity contribution in [2.24, 2.45) is 0 Å². The van der Waals surface area contributed by atoms with Gasteiger partial charge < -0.3 is 10.2 Å². The Morgan fingerprint density at radius 2 is 1.95 bits per heavy atom. The zero-order valence-corrected chi connectivity index (χ0v) is 14.1. The predicted molar refractivity (Wildman–Crippen MR) is 85.5 cm³/mol. The summed E-state index contributed by atoms with van der Waals surface area (Å²) in [6, 6.07) is 4.17. The second-order valence-corrected chi connectivity index (χ2v) is 7.98. The van der Waals surface area contributed by atoms with E-state index in [0.29, 0.717) is 25.7 Å². The molecule has 21 heavy (non-hydrogen) atoms. The van der Waals surface area contributed by atoms with Gasteiger partial charge in [0.2, 0.25) is 5.91 Å². The predicted octanol–water partition coefficient (Wildman–Crippen LogP) is 1.55. The number of piperazine rings is 1. The highest BCUT2D eigenvalue weighted by atomic mass is 79.9. The Morgan fingerprint density at radius 1 is 1.24 bits per heavy atom. The number of nitrogens with zero attached hydrogens (tertiary/aromatic N) is 2. The van der Waals surface area contributed by atoms with Crippen LogP contribution in [0.3, 0.4) is 0 Å². The Hall–Kier alpha value is -0.920. The van der Waals surface area contributed by atoms with Gasteiger partial charge in [-0.1, -0.05) is 0 Å². The molecule has 0 radical (unpaired) electrons. The fourth-order valence-electron chi connectivity index (χ4n) is 2.40. The van der Waals surface area contributed by atoms with Crippen molar-refractivity contribution in [2.75, 3.05) is 32.7 Å². The van der Waals surface area contributed by atoms with Crippen LogP contribution < -0.4 is 5.32 Å². The molecule has 5 nitrogen and oxygen atoms in total. The largest absolute Gasteiger partial charge is 0.352 e.